The van der Waals surface area contributed by atoms with Gasteiger partial charge in [0.1, 0.15) is 11.5 Å². The number of carbonyl (C=O) groups excluding carboxylic acids is 1. The number of hydrogen-bond donors (Lipinski definition) is 1. The molecule has 0 bridgehead atoms. The van der Waals surface area contributed by atoms with E-state index in [0.29, 0.717) is 17.9 Å². The topological polar surface area (TPSA) is 77.6 Å². The quantitative estimate of drug-likeness (QED) is 0.330. The van der Waals surface area contributed by atoms with Crippen LogP contribution in [0.15, 0.2) is 103 Å². The van der Waals surface area contributed by atoms with Crippen molar-refractivity contribution >= 4 is 12.0 Å². The summed E-state index contributed by atoms with van der Waals surface area (Å²) in [7, 11) is 0. The zero-order valence-corrected chi connectivity index (χ0v) is 19.3. The minimum absolute atomic E-state index is 0.253. The highest BCUT2D eigenvalue weighted by Crippen LogP contribution is 2.24. The van der Waals surface area contributed by atoms with Crippen LogP contribution in [0.3, 0.4) is 0 Å². The monoisotopic (exact) mass is 478 g/mol. The number of rotatable bonds is 8. The summed E-state index contributed by atoms with van der Waals surface area (Å²) < 4.78 is 16.9. The number of hydrogen-bond acceptors (Lipinski definition) is 4. The molecule has 0 saturated heterocycles. The van der Waals surface area contributed by atoms with Gasteiger partial charge in [0.05, 0.1) is 24.1 Å². The van der Waals surface area contributed by atoms with Gasteiger partial charge >= 0.3 is 0 Å². The van der Waals surface area contributed by atoms with Gasteiger partial charge in [0.2, 0.25) is 5.91 Å². The molecule has 3 aromatic carbocycles. The van der Waals surface area contributed by atoms with Crippen molar-refractivity contribution < 1.29 is 9.18 Å². The van der Waals surface area contributed by atoms with E-state index in [1.807, 2.05) is 66.9 Å². The van der Waals surface area contributed by atoms with E-state index in [9.17, 15) is 9.18 Å². The number of amides is 1. The van der Waals surface area contributed by atoms with E-state index in [-0.39, 0.29) is 18.3 Å². The summed E-state index contributed by atoms with van der Waals surface area (Å²) >= 11 is 0. The molecule has 0 fully saturated rings. The van der Waals surface area contributed by atoms with Crippen molar-refractivity contribution in [3.8, 4) is 16.9 Å². The second kappa shape index (κ2) is 10.6. The van der Waals surface area contributed by atoms with Crippen LogP contribution in [0.25, 0.3) is 23.0 Å². The highest BCUT2D eigenvalue weighted by molar-refractivity contribution is 5.91. The molecule has 0 spiro atoms. The van der Waals surface area contributed by atoms with E-state index in [1.54, 1.807) is 33.8 Å². The Labute approximate surface area is 207 Å². The van der Waals surface area contributed by atoms with Crippen LogP contribution in [0.2, 0.25) is 0 Å². The van der Waals surface area contributed by atoms with Crippen LogP contribution in [0.4, 0.5) is 4.39 Å². The second-order valence-corrected chi connectivity index (χ2v) is 8.17. The maximum Gasteiger partial charge on any atom is 0.244 e. The summed E-state index contributed by atoms with van der Waals surface area (Å²) in [5.41, 5.74) is 4.83. The van der Waals surface area contributed by atoms with Gasteiger partial charge in [0.25, 0.3) is 0 Å². The predicted molar refractivity (Wildman–Crippen MR) is 135 cm³/mol. The van der Waals surface area contributed by atoms with Crippen molar-refractivity contribution in [2.45, 2.75) is 13.1 Å². The molecule has 0 aliphatic carbocycles. The van der Waals surface area contributed by atoms with Crippen LogP contribution in [0.5, 0.6) is 0 Å². The smallest absolute Gasteiger partial charge is 0.244 e. The van der Waals surface area contributed by atoms with E-state index < -0.39 is 0 Å². The van der Waals surface area contributed by atoms with Gasteiger partial charge < -0.3 is 5.32 Å². The van der Waals surface area contributed by atoms with Crippen LogP contribution < -0.4 is 5.32 Å². The molecule has 178 valence electrons. The number of para-hydroxylation sites is 1. The third-order valence-electron chi connectivity index (χ3n) is 5.53. The lowest BCUT2D eigenvalue weighted by molar-refractivity contribution is -0.116. The molecule has 5 rings (SSSR count). The lowest BCUT2D eigenvalue weighted by atomic mass is 10.1. The van der Waals surface area contributed by atoms with E-state index in [0.717, 1.165) is 22.4 Å². The number of aromatic nitrogens is 5. The zero-order valence-electron chi connectivity index (χ0n) is 19.3. The SMILES string of the molecule is O=C(/C=C/c1cn(Cc2ccccc2)nn1)NCc1cn(-c2ccccc2)nc1-c1ccc(F)cc1. The van der Waals surface area contributed by atoms with Crippen LogP contribution in [-0.4, -0.2) is 30.7 Å². The van der Waals surface area contributed by atoms with E-state index in [2.05, 4.69) is 15.6 Å². The zero-order chi connectivity index (χ0) is 24.7. The highest BCUT2D eigenvalue weighted by Gasteiger charge is 2.13. The summed E-state index contributed by atoms with van der Waals surface area (Å²) in [5.74, 6) is -0.591. The van der Waals surface area contributed by atoms with Gasteiger partial charge in [0.15, 0.2) is 0 Å². The van der Waals surface area contributed by atoms with Crippen LogP contribution in [-0.2, 0) is 17.9 Å². The van der Waals surface area contributed by atoms with Gasteiger partial charge in [-0.15, -0.1) is 5.10 Å². The number of carbonyl (C=O) groups is 1. The van der Waals surface area contributed by atoms with E-state index in [4.69, 9.17) is 5.10 Å². The van der Waals surface area contributed by atoms with Gasteiger partial charge in [-0.25, -0.2) is 13.8 Å². The number of benzene rings is 3. The Balaban J connectivity index is 1.27. The van der Waals surface area contributed by atoms with E-state index in [1.165, 1.54) is 18.2 Å². The van der Waals surface area contributed by atoms with E-state index >= 15 is 0 Å². The third-order valence-corrected chi connectivity index (χ3v) is 5.53. The Morgan fingerprint density at radius 1 is 0.917 bits per heavy atom. The number of halogens is 1. The fourth-order valence-electron chi connectivity index (χ4n) is 3.74. The van der Waals surface area contributed by atoms with Gasteiger partial charge in [-0.05, 0) is 48.0 Å². The molecule has 36 heavy (non-hydrogen) atoms. The van der Waals surface area contributed by atoms with Gasteiger partial charge in [-0.1, -0.05) is 53.7 Å². The fourth-order valence-corrected chi connectivity index (χ4v) is 3.74. The molecule has 5 aromatic rings. The van der Waals surface area contributed by atoms with Crippen LogP contribution in [0.1, 0.15) is 16.8 Å². The Morgan fingerprint density at radius 3 is 2.39 bits per heavy atom. The maximum atomic E-state index is 13.5. The summed E-state index contributed by atoms with van der Waals surface area (Å²) in [5, 5.41) is 15.8. The van der Waals surface area contributed by atoms with Crippen molar-refractivity contribution in [2.24, 2.45) is 0 Å². The predicted octanol–water partition coefficient (Wildman–Crippen LogP) is 4.65. The average molecular weight is 479 g/mol. The highest BCUT2D eigenvalue weighted by atomic mass is 19.1. The third kappa shape index (κ3) is 5.61. The molecule has 2 heterocycles. The maximum absolute atomic E-state index is 13.5. The summed E-state index contributed by atoms with van der Waals surface area (Å²) in [4.78, 5) is 12.5. The molecular weight excluding hydrogens is 455 g/mol. The molecule has 0 aliphatic heterocycles. The molecule has 0 aliphatic rings. The minimum Gasteiger partial charge on any atom is -0.348 e. The number of nitrogens with one attached hydrogen (secondary N) is 1. The molecule has 0 radical (unpaired) electrons. The first-order chi connectivity index (χ1) is 17.6. The molecule has 8 heteroatoms. The van der Waals surface area contributed by atoms with Crippen LogP contribution >= 0.6 is 0 Å². The minimum atomic E-state index is -0.318. The Hall–Kier alpha value is -4.85. The second-order valence-electron chi connectivity index (χ2n) is 8.17. The molecule has 0 saturated carbocycles. The standard InChI is InChI=1S/C28H23FN6O/c29-24-13-11-22(12-14-24)28-23(19-35(32-28)26-9-5-2-6-10-26)17-30-27(36)16-15-25-20-34(33-31-25)18-21-7-3-1-4-8-21/h1-16,19-20H,17-18H2,(H,30,36)/b16-15+. The first-order valence-corrected chi connectivity index (χ1v) is 11.4. The van der Waals surface area contributed by atoms with Gasteiger partial charge in [0, 0.05) is 29.9 Å². The Kier molecular flexibility index (Phi) is 6.75. The summed E-state index contributed by atoms with van der Waals surface area (Å²) in [6.07, 6.45) is 6.70. The van der Waals surface area contributed by atoms with Crippen LogP contribution in [0, 0.1) is 5.82 Å². The largest absolute Gasteiger partial charge is 0.348 e. The molecule has 7 nitrogen and oxygen atoms in total. The van der Waals surface area contributed by atoms with Gasteiger partial charge in [-0.3, -0.25) is 4.79 Å². The normalized spacial score (nSPS) is 11.1. The Morgan fingerprint density at radius 2 is 1.64 bits per heavy atom. The van der Waals surface area contributed by atoms with Crippen molar-refractivity contribution in [1.82, 2.24) is 30.1 Å². The average Bonchev–Trinajstić information content (AvgIpc) is 3.55. The molecule has 1 amide bonds. The summed E-state index contributed by atoms with van der Waals surface area (Å²) in [6.45, 7) is 0.856. The molecule has 2 aromatic heterocycles. The first-order valence-electron chi connectivity index (χ1n) is 11.4. The Bertz CT molecular complexity index is 1470. The lowest BCUT2D eigenvalue weighted by Crippen LogP contribution is -2.20. The molecular formula is C28H23FN6O. The van der Waals surface area contributed by atoms with Crippen molar-refractivity contribution in [3.05, 3.63) is 126 Å². The van der Waals surface area contributed by atoms with Crippen molar-refractivity contribution in [3.63, 3.8) is 0 Å². The van der Waals surface area contributed by atoms with Crippen molar-refractivity contribution in [2.75, 3.05) is 0 Å². The molecule has 0 unspecified atom stereocenters. The summed E-state index contributed by atoms with van der Waals surface area (Å²) in [6, 6.07) is 25.8. The van der Waals surface area contributed by atoms with Crippen molar-refractivity contribution in [1.29, 1.82) is 0 Å². The number of nitrogens with zero attached hydrogens (tertiary/aromatic N) is 5. The van der Waals surface area contributed by atoms with Gasteiger partial charge in [-0.2, -0.15) is 5.10 Å². The fraction of sp³-hybridized carbons (Fsp3) is 0.0714. The molecule has 0 atom stereocenters. The lowest BCUT2D eigenvalue weighted by Gasteiger charge is -2.03. The molecule has 1 N–H and O–H groups in total. The first kappa shape index (κ1) is 22.9.